The number of imidazole rings is 1. The van der Waals surface area contributed by atoms with Crippen molar-refractivity contribution in [2.24, 2.45) is 0 Å². The molecule has 3 aromatic heterocycles. The van der Waals surface area contributed by atoms with Gasteiger partial charge in [-0.3, -0.25) is 4.57 Å². The van der Waals surface area contributed by atoms with Crippen LogP contribution in [-0.2, 0) is 12.7 Å². The van der Waals surface area contributed by atoms with Crippen LogP contribution in [0.2, 0.25) is 0 Å². The fourth-order valence-electron chi connectivity index (χ4n) is 1.85. The van der Waals surface area contributed by atoms with Gasteiger partial charge in [0.1, 0.15) is 17.8 Å². The standard InChI is InChI=1S/C14H11F3N6/c15-14(16,17)11-3-4-19-13(22-11)21-8-10-1-2-12(20-7-10)23-6-5-18-9-23/h1-7,9H,8H2,(H,19,21,22). The molecule has 0 spiro atoms. The van der Waals surface area contributed by atoms with E-state index in [-0.39, 0.29) is 12.5 Å². The maximum atomic E-state index is 12.6. The van der Waals surface area contributed by atoms with Crippen molar-refractivity contribution in [2.45, 2.75) is 12.7 Å². The summed E-state index contributed by atoms with van der Waals surface area (Å²) in [6.07, 6.45) is 3.22. The largest absolute Gasteiger partial charge is 0.433 e. The van der Waals surface area contributed by atoms with E-state index in [9.17, 15) is 13.2 Å². The Balaban J connectivity index is 1.67. The van der Waals surface area contributed by atoms with Crippen molar-refractivity contribution >= 4 is 5.95 Å². The predicted molar refractivity (Wildman–Crippen MR) is 75.7 cm³/mol. The molecule has 3 rings (SSSR count). The maximum absolute atomic E-state index is 12.6. The second-order valence-corrected chi connectivity index (χ2v) is 4.61. The van der Waals surface area contributed by atoms with E-state index in [4.69, 9.17) is 0 Å². The lowest BCUT2D eigenvalue weighted by Crippen LogP contribution is -2.11. The van der Waals surface area contributed by atoms with E-state index < -0.39 is 11.9 Å². The van der Waals surface area contributed by atoms with Crippen LogP contribution in [0, 0.1) is 0 Å². The first-order valence-corrected chi connectivity index (χ1v) is 6.60. The van der Waals surface area contributed by atoms with E-state index in [1.165, 1.54) is 0 Å². The van der Waals surface area contributed by atoms with E-state index in [0.717, 1.165) is 17.8 Å². The molecule has 6 nitrogen and oxygen atoms in total. The third-order valence-electron chi connectivity index (χ3n) is 2.97. The normalized spacial score (nSPS) is 11.4. The van der Waals surface area contributed by atoms with Crippen molar-refractivity contribution in [1.82, 2.24) is 24.5 Å². The smallest absolute Gasteiger partial charge is 0.350 e. The number of hydrogen-bond donors (Lipinski definition) is 1. The van der Waals surface area contributed by atoms with Crippen LogP contribution in [0.25, 0.3) is 5.82 Å². The molecule has 118 valence electrons. The molecule has 0 unspecified atom stereocenters. The van der Waals surface area contributed by atoms with E-state index in [1.54, 1.807) is 35.6 Å². The summed E-state index contributed by atoms with van der Waals surface area (Å²) in [5.74, 6) is 0.611. The topological polar surface area (TPSA) is 68.5 Å². The van der Waals surface area contributed by atoms with E-state index in [1.807, 2.05) is 6.07 Å². The van der Waals surface area contributed by atoms with Gasteiger partial charge in [-0.15, -0.1) is 0 Å². The molecular formula is C14H11F3N6. The third kappa shape index (κ3) is 3.62. The van der Waals surface area contributed by atoms with Crippen molar-refractivity contribution in [3.8, 4) is 5.82 Å². The molecule has 0 aliphatic heterocycles. The molecule has 0 bridgehead atoms. The third-order valence-corrected chi connectivity index (χ3v) is 2.97. The molecule has 23 heavy (non-hydrogen) atoms. The van der Waals surface area contributed by atoms with Gasteiger partial charge in [0.15, 0.2) is 0 Å². The van der Waals surface area contributed by atoms with Gasteiger partial charge in [0.2, 0.25) is 5.95 Å². The summed E-state index contributed by atoms with van der Waals surface area (Å²) >= 11 is 0. The van der Waals surface area contributed by atoms with Crippen molar-refractivity contribution in [1.29, 1.82) is 0 Å². The Hall–Kier alpha value is -2.97. The van der Waals surface area contributed by atoms with Gasteiger partial charge in [-0.05, 0) is 17.7 Å². The van der Waals surface area contributed by atoms with Crippen LogP contribution in [0.3, 0.4) is 0 Å². The number of hydrogen-bond acceptors (Lipinski definition) is 5. The van der Waals surface area contributed by atoms with Crippen LogP contribution in [0.4, 0.5) is 19.1 Å². The quantitative estimate of drug-likeness (QED) is 0.800. The zero-order chi connectivity index (χ0) is 16.3. The predicted octanol–water partition coefficient (Wildman–Crippen LogP) is 2.69. The van der Waals surface area contributed by atoms with Crippen LogP contribution in [0.5, 0.6) is 0 Å². The fourth-order valence-corrected chi connectivity index (χ4v) is 1.85. The monoisotopic (exact) mass is 320 g/mol. The molecular weight excluding hydrogens is 309 g/mol. The molecule has 0 fully saturated rings. The van der Waals surface area contributed by atoms with E-state index >= 15 is 0 Å². The average molecular weight is 320 g/mol. The summed E-state index contributed by atoms with van der Waals surface area (Å²) in [6.45, 7) is 0.262. The molecule has 0 aliphatic carbocycles. The van der Waals surface area contributed by atoms with Gasteiger partial charge in [0, 0.05) is 31.3 Å². The summed E-state index contributed by atoms with van der Waals surface area (Å²) in [4.78, 5) is 15.4. The number of nitrogens with zero attached hydrogens (tertiary/aromatic N) is 5. The average Bonchev–Trinajstić information content (AvgIpc) is 3.07. The summed E-state index contributed by atoms with van der Waals surface area (Å²) in [5.41, 5.74) is -0.196. The minimum Gasteiger partial charge on any atom is -0.350 e. The number of alkyl halides is 3. The highest BCUT2D eigenvalue weighted by atomic mass is 19.4. The molecule has 0 saturated carbocycles. The first kappa shape index (κ1) is 14.9. The Morgan fingerprint density at radius 2 is 1.96 bits per heavy atom. The van der Waals surface area contributed by atoms with E-state index in [0.29, 0.717) is 5.82 Å². The van der Waals surface area contributed by atoms with Crippen LogP contribution >= 0.6 is 0 Å². The zero-order valence-electron chi connectivity index (χ0n) is 11.7. The van der Waals surface area contributed by atoms with Gasteiger partial charge in [-0.1, -0.05) is 6.07 Å². The second kappa shape index (κ2) is 6.03. The number of halogens is 3. The minimum atomic E-state index is -4.49. The first-order chi connectivity index (χ1) is 11.0. The molecule has 1 N–H and O–H groups in total. The van der Waals surface area contributed by atoms with Gasteiger partial charge in [-0.25, -0.2) is 19.9 Å². The SMILES string of the molecule is FC(F)(F)c1ccnc(NCc2ccc(-n3ccnc3)nc2)n1. The number of nitrogens with one attached hydrogen (secondary N) is 1. The molecule has 0 amide bonds. The highest BCUT2D eigenvalue weighted by Gasteiger charge is 2.32. The second-order valence-electron chi connectivity index (χ2n) is 4.61. The summed E-state index contributed by atoms with van der Waals surface area (Å²) in [7, 11) is 0. The van der Waals surface area contributed by atoms with Crippen molar-refractivity contribution < 1.29 is 13.2 Å². The Morgan fingerprint density at radius 1 is 1.09 bits per heavy atom. The molecule has 0 aliphatic rings. The molecule has 3 heterocycles. The van der Waals surface area contributed by atoms with Gasteiger partial charge in [0.25, 0.3) is 0 Å². The number of pyridine rings is 1. The lowest BCUT2D eigenvalue weighted by molar-refractivity contribution is -0.141. The highest BCUT2D eigenvalue weighted by Crippen LogP contribution is 2.27. The number of anilines is 1. The lowest BCUT2D eigenvalue weighted by atomic mass is 10.3. The maximum Gasteiger partial charge on any atom is 0.433 e. The van der Waals surface area contributed by atoms with Crippen LogP contribution in [-0.4, -0.2) is 24.5 Å². The molecule has 0 radical (unpaired) electrons. The Bertz CT molecular complexity index is 768. The van der Waals surface area contributed by atoms with Gasteiger partial charge < -0.3 is 5.32 Å². The van der Waals surface area contributed by atoms with Crippen molar-refractivity contribution in [3.63, 3.8) is 0 Å². The zero-order valence-corrected chi connectivity index (χ0v) is 11.7. The number of aromatic nitrogens is 5. The van der Waals surface area contributed by atoms with E-state index in [2.05, 4.69) is 25.3 Å². The van der Waals surface area contributed by atoms with Crippen LogP contribution in [0.1, 0.15) is 11.3 Å². The Kier molecular flexibility index (Phi) is 3.92. The van der Waals surface area contributed by atoms with Gasteiger partial charge in [0.05, 0.1) is 0 Å². The Labute approximate surface area is 129 Å². The summed E-state index contributed by atoms with van der Waals surface area (Å²) < 4.78 is 39.5. The molecule has 0 aromatic carbocycles. The molecule has 3 aromatic rings. The highest BCUT2D eigenvalue weighted by molar-refractivity contribution is 5.30. The fraction of sp³-hybridized carbons (Fsp3) is 0.143. The summed E-state index contributed by atoms with van der Waals surface area (Å²) in [5, 5.41) is 2.75. The molecule has 0 saturated heterocycles. The minimum absolute atomic E-state index is 0.0847. The van der Waals surface area contributed by atoms with Gasteiger partial charge in [-0.2, -0.15) is 13.2 Å². The Morgan fingerprint density at radius 3 is 2.61 bits per heavy atom. The first-order valence-electron chi connectivity index (χ1n) is 6.60. The lowest BCUT2D eigenvalue weighted by Gasteiger charge is -2.09. The molecule has 0 atom stereocenters. The summed E-state index contributed by atoms with van der Waals surface area (Å²) in [6, 6.07) is 4.42. The van der Waals surface area contributed by atoms with Crippen LogP contribution < -0.4 is 5.32 Å². The van der Waals surface area contributed by atoms with Crippen molar-refractivity contribution in [2.75, 3.05) is 5.32 Å². The van der Waals surface area contributed by atoms with Crippen molar-refractivity contribution in [3.05, 3.63) is 60.6 Å². The molecule has 9 heteroatoms. The van der Waals surface area contributed by atoms with Gasteiger partial charge >= 0.3 is 6.18 Å². The van der Waals surface area contributed by atoms with Crippen LogP contribution in [0.15, 0.2) is 49.3 Å². The number of rotatable bonds is 4.